The number of rotatable bonds is 7. The molecule has 3 nitrogen and oxygen atoms in total. The third-order valence-electron chi connectivity index (χ3n) is 4.12. The molecular weight excluding hydrogens is 246 g/mol. The van der Waals surface area contributed by atoms with E-state index in [1.54, 1.807) is 0 Å². The number of anilines is 1. The highest BCUT2D eigenvalue weighted by molar-refractivity contribution is 5.43. The third kappa shape index (κ3) is 3.52. The second-order valence-electron chi connectivity index (χ2n) is 6.10. The monoisotopic (exact) mass is 269 g/mol. The average molecular weight is 269 g/mol. The first-order chi connectivity index (χ1) is 9.76. The SMILES string of the molecule is C#CCN(CC1CC1)c1ccc(CNC2CC2)c(C)n1. The minimum absolute atomic E-state index is 0.655. The molecule has 20 heavy (non-hydrogen) atoms. The van der Waals surface area contributed by atoms with E-state index in [2.05, 4.69) is 35.2 Å². The van der Waals surface area contributed by atoms with Crippen LogP contribution in [0.25, 0.3) is 0 Å². The van der Waals surface area contributed by atoms with E-state index in [-0.39, 0.29) is 0 Å². The quantitative estimate of drug-likeness (QED) is 0.771. The maximum Gasteiger partial charge on any atom is 0.129 e. The maximum atomic E-state index is 5.49. The van der Waals surface area contributed by atoms with Gasteiger partial charge in [-0.1, -0.05) is 12.0 Å². The molecule has 0 aromatic carbocycles. The van der Waals surface area contributed by atoms with Gasteiger partial charge < -0.3 is 10.2 Å². The number of nitrogens with one attached hydrogen (secondary N) is 1. The van der Waals surface area contributed by atoms with Gasteiger partial charge in [-0.05, 0) is 50.2 Å². The highest BCUT2D eigenvalue weighted by Gasteiger charge is 2.25. The summed E-state index contributed by atoms with van der Waals surface area (Å²) < 4.78 is 0. The molecule has 0 bridgehead atoms. The molecule has 0 spiro atoms. The first-order valence-corrected chi connectivity index (χ1v) is 7.64. The minimum atomic E-state index is 0.655. The average Bonchev–Trinajstić information content (AvgIpc) is 3.31. The van der Waals surface area contributed by atoms with Crippen LogP contribution in [-0.2, 0) is 6.54 Å². The molecule has 1 aromatic heterocycles. The number of hydrogen-bond donors (Lipinski definition) is 1. The molecule has 2 fully saturated rings. The largest absolute Gasteiger partial charge is 0.345 e. The highest BCUT2D eigenvalue weighted by atomic mass is 15.2. The van der Waals surface area contributed by atoms with Gasteiger partial charge in [-0.3, -0.25) is 0 Å². The molecule has 0 aliphatic heterocycles. The molecule has 1 N–H and O–H groups in total. The second kappa shape index (κ2) is 5.85. The minimum Gasteiger partial charge on any atom is -0.345 e. The lowest BCUT2D eigenvalue weighted by molar-refractivity contribution is 0.681. The lowest BCUT2D eigenvalue weighted by atomic mass is 10.2. The third-order valence-corrected chi connectivity index (χ3v) is 4.12. The Morgan fingerprint density at radius 2 is 2.15 bits per heavy atom. The van der Waals surface area contributed by atoms with Crippen molar-refractivity contribution in [3.05, 3.63) is 23.4 Å². The van der Waals surface area contributed by atoms with Crippen molar-refractivity contribution < 1.29 is 0 Å². The van der Waals surface area contributed by atoms with Crippen molar-refractivity contribution in [1.82, 2.24) is 10.3 Å². The molecule has 2 aliphatic carbocycles. The van der Waals surface area contributed by atoms with Gasteiger partial charge in [0.05, 0.1) is 6.54 Å². The van der Waals surface area contributed by atoms with Gasteiger partial charge in [0, 0.05) is 24.8 Å². The first-order valence-electron chi connectivity index (χ1n) is 7.64. The predicted molar refractivity (Wildman–Crippen MR) is 82.6 cm³/mol. The van der Waals surface area contributed by atoms with Crippen molar-refractivity contribution in [2.75, 3.05) is 18.0 Å². The van der Waals surface area contributed by atoms with Crippen LogP contribution >= 0.6 is 0 Å². The number of terminal acetylenes is 1. The van der Waals surface area contributed by atoms with E-state index in [0.717, 1.165) is 36.6 Å². The van der Waals surface area contributed by atoms with Crippen molar-refractivity contribution in [2.45, 2.75) is 45.2 Å². The first kappa shape index (κ1) is 13.5. The summed E-state index contributed by atoms with van der Waals surface area (Å²) in [6.45, 7) is 4.74. The van der Waals surface area contributed by atoms with Gasteiger partial charge in [0.2, 0.25) is 0 Å². The zero-order valence-corrected chi connectivity index (χ0v) is 12.2. The van der Waals surface area contributed by atoms with Crippen LogP contribution in [0, 0.1) is 25.2 Å². The Hall–Kier alpha value is -1.53. The molecular formula is C17H23N3. The molecule has 0 amide bonds. The lowest BCUT2D eigenvalue weighted by Crippen LogP contribution is -2.27. The van der Waals surface area contributed by atoms with Crippen LogP contribution in [0.4, 0.5) is 5.82 Å². The molecule has 106 valence electrons. The van der Waals surface area contributed by atoms with E-state index >= 15 is 0 Å². The van der Waals surface area contributed by atoms with E-state index in [0.29, 0.717) is 6.54 Å². The molecule has 2 saturated carbocycles. The van der Waals surface area contributed by atoms with Crippen molar-refractivity contribution in [2.24, 2.45) is 5.92 Å². The van der Waals surface area contributed by atoms with Crippen LogP contribution < -0.4 is 10.2 Å². The van der Waals surface area contributed by atoms with E-state index in [1.165, 1.54) is 31.2 Å². The Labute approximate surface area is 121 Å². The zero-order chi connectivity index (χ0) is 13.9. The van der Waals surface area contributed by atoms with E-state index in [4.69, 9.17) is 11.4 Å². The number of aromatic nitrogens is 1. The lowest BCUT2D eigenvalue weighted by Gasteiger charge is -2.22. The Morgan fingerprint density at radius 3 is 2.75 bits per heavy atom. The van der Waals surface area contributed by atoms with Crippen LogP contribution in [0.15, 0.2) is 12.1 Å². The molecule has 0 radical (unpaired) electrons. The highest BCUT2D eigenvalue weighted by Crippen LogP contribution is 2.31. The summed E-state index contributed by atoms with van der Waals surface area (Å²) in [6.07, 6.45) is 10.8. The number of nitrogens with zero attached hydrogens (tertiary/aromatic N) is 2. The molecule has 1 aromatic rings. The van der Waals surface area contributed by atoms with Gasteiger partial charge in [0.25, 0.3) is 0 Å². The van der Waals surface area contributed by atoms with E-state index in [1.807, 2.05) is 0 Å². The molecule has 3 heteroatoms. The fourth-order valence-corrected chi connectivity index (χ4v) is 2.44. The summed E-state index contributed by atoms with van der Waals surface area (Å²) in [5, 5.41) is 3.54. The molecule has 1 heterocycles. The molecule has 0 atom stereocenters. The van der Waals surface area contributed by atoms with E-state index in [9.17, 15) is 0 Å². The van der Waals surface area contributed by atoms with Gasteiger partial charge >= 0.3 is 0 Å². The van der Waals surface area contributed by atoms with Gasteiger partial charge in [-0.25, -0.2) is 4.98 Å². The van der Waals surface area contributed by atoms with Crippen molar-refractivity contribution in [1.29, 1.82) is 0 Å². The number of pyridine rings is 1. The van der Waals surface area contributed by atoms with Gasteiger partial charge in [-0.15, -0.1) is 6.42 Å². The van der Waals surface area contributed by atoms with Crippen molar-refractivity contribution in [3.8, 4) is 12.3 Å². The molecule has 0 saturated heterocycles. The van der Waals surface area contributed by atoms with Gasteiger partial charge in [-0.2, -0.15) is 0 Å². The van der Waals surface area contributed by atoms with Gasteiger partial charge in [0.15, 0.2) is 0 Å². The number of hydrogen-bond acceptors (Lipinski definition) is 3. The predicted octanol–water partition coefficient (Wildman–Crippen LogP) is 2.49. The van der Waals surface area contributed by atoms with Crippen LogP contribution in [-0.4, -0.2) is 24.1 Å². The summed E-state index contributed by atoms with van der Waals surface area (Å²) in [5.41, 5.74) is 2.42. The van der Waals surface area contributed by atoms with Crippen molar-refractivity contribution in [3.63, 3.8) is 0 Å². The Morgan fingerprint density at radius 1 is 1.35 bits per heavy atom. The number of aryl methyl sites for hydroxylation is 1. The van der Waals surface area contributed by atoms with Crippen LogP contribution in [0.1, 0.15) is 36.9 Å². The fourth-order valence-electron chi connectivity index (χ4n) is 2.44. The standard InChI is InChI=1S/C17H23N3/c1-3-10-20(12-14-4-5-14)17-9-6-15(13(2)19-17)11-18-16-7-8-16/h1,6,9,14,16,18H,4-5,7-8,10-12H2,2H3. The summed E-state index contributed by atoms with van der Waals surface area (Å²) >= 11 is 0. The maximum absolute atomic E-state index is 5.49. The van der Waals surface area contributed by atoms with Crippen LogP contribution in [0.3, 0.4) is 0 Å². The summed E-state index contributed by atoms with van der Waals surface area (Å²) in [6, 6.07) is 5.06. The fraction of sp³-hybridized carbons (Fsp3) is 0.588. The zero-order valence-electron chi connectivity index (χ0n) is 12.2. The van der Waals surface area contributed by atoms with Crippen molar-refractivity contribution >= 4 is 5.82 Å². The van der Waals surface area contributed by atoms with Crippen LogP contribution in [0.2, 0.25) is 0 Å². The molecule has 3 rings (SSSR count). The summed E-state index contributed by atoms with van der Waals surface area (Å²) in [7, 11) is 0. The molecule has 2 aliphatic rings. The summed E-state index contributed by atoms with van der Waals surface area (Å²) in [4.78, 5) is 7.00. The van der Waals surface area contributed by atoms with E-state index < -0.39 is 0 Å². The second-order valence-corrected chi connectivity index (χ2v) is 6.10. The summed E-state index contributed by atoms with van der Waals surface area (Å²) in [5.74, 6) is 4.61. The van der Waals surface area contributed by atoms with Gasteiger partial charge in [0.1, 0.15) is 5.82 Å². The Kier molecular flexibility index (Phi) is 3.93. The van der Waals surface area contributed by atoms with Crippen LogP contribution in [0.5, 0.6) is 0 Å². The Bertz CT molecular complexity index is 509. The smallest absolute Gasteiger partial charge is 0.129 e. The Balaban J connectivity index is 1.67. The topological polar surface area (TPSA) is 28.2 Å². The normalized spacial score (nSPS) is 17.8. The molecule has 0 unspecified atom stereocenters.